The maximum Gasteiger partial charge on any atom is 0.166 e. The molecule has 0 aliphatic heterocycles. The molecule has 0 saturated heterocycles. The third-order valence-corrected chi connectivity index (χ3v) is 3.53. The number of pyridine rings is 1. The Kier molecular flexibility index (Phi) is 3.61. The van der Waals surface area contributed by atoms with E-state index < -0.39 is 0 Å². The number of aromatic amines is 1. The Morgan fingerprint density at radius 2 is 2.05 bits per heavy atom. The number of hydrogen-bond donors (Lipinski definition) is 1. The van der Waals surface area contributed by atoms with E-state index in [1.165, 1.54) is 0 Å². The minimum absolute atomic E-state index is 0.766. The lowest BCUT2D eigenvalue weighted by Crippen LogP contribution is -1.85. The Morgan fingerprint density at radius 1 is 1.16 bits per heavy atom. The molecule has 0 aliphatic rings. The Bertz CT molecular complexity index is 635. The first-order chi connectivity index (χ1) is 9.42. The van der Waals surface area contributed by atoms with Crippen LogP contribution in [0.4, 0.5) is 0 Å². The van der Waals surface area contributed by atoms with E-state index in [0.717, 1.165) is 27.9 Å². The zero-order valence-corrected chi connectivity index (χ0v) is 11.0. The van der Waals surface area contributed by atoms with E-state index in [-0.39, 0.29) is 0 Å². The highest BCUT2D eigenvalue weighted by molar-refractivity contribution is 7.98. The van der Waals surface area contributed by atoms with Crippen molar-refractivity contribution in [1.29, 1.82) is 0 Å². The number of nitrogens with one attached hydrogen (secondary N) is 1. The molecule has 0 saturated carbocycles. The number of hydrogen-bond acceptors (Lipinski definition) is 3. The molecule has 0 amide bonds. The van der Waals surface area contributed by atoms with Crippen molar-refractivity contribution in [3.63, 3.8) is 0 Å². The third kappa shape index (κ3) is 3.03. The van der Waals surface area contributed by atoms with Gasteiger partial charge < -0.3 is 4.98 Å². The second-order valence-electron chi connectivity index (χ2n) is 3.97. The summed E-state index contributed by atoms with van der Waals surface area (Å²) in [5, 5.41) is 0.901. The highest BCUT2D eigenvalue weighted by Crippen LogP contribution is 2.23. The topological polar surface area (TPSA) is 41.6 Å². The summed E-state index contributed by atoms with van der Waals surface area (Å²) in [5.74, 6) is 0.766. The molecule has 0 aliphatic carbocycles. The van der Waals surface area contributed by atoms with Crippen molar-refractivity contribution in [3.05, 3.63) is 66.6 Å². The fourth-order valence-corrected chi connectivity index (χ4v) is 2.44. The summed E-state index contributed by atoms with van der Waals surface area (Å²) < 4.78 is 0. The van der Waals surface area contributed by atoms with Crippen LogP contribution in [-0.2, 0) is 5.75 Å². The van der Waals surface area contributed by atoms with Crippen LogP contribution in [0.25, 0.3) is 11.3 Å². The van der Waals surface area contributed by atoms with Gasteiger partial charge in [0.1, 0.15) is 0 Å². The first kappa shape index (κ1) is 12.0. The highest BCUT2D eigenvalue weighted by atomic mass is 32.2. The fraction of sp³-hybridized carbons (Fsp3) is 0.0667. The van der Waals surface area contributed by atoms with E-state index in [9.17, 15) is 0 Å². The predicted octanol–water partition coefficient (Wildman–Crippen LogP) is 3.56. The van der Waals surface area contributed by atoms with Gasteiger partial charge in [-0.1, -0.05) is 48.2 Å². The zero-order chi connectivity index (χ0) is 12.9. The van der Waals surface area contributed by atoms with E-state index in [2.05, 4.69) is 33.2 Å². The number of nitrogens with zero attached hydrogens (tertiary/aromatic N) is 2. The Labute approximate surface area is 116 Å². The van der Waals surface area contributed by atoms with Gasteiger partial charge in [0, 0.05) is 29.8 Å². The van der Waals surface area contributed by atoms with Gasteiger partial charge in [-0.15, -0.1) is 0 Å². The van der Waals surface area contributed by atoms with Crippen LogP contribution in [0.2, 0.25) is 0 Å². The summed E-state index contributed by atoms with van der Waals surface area (Å²) >= 11 is 1.63. The van der Waals surface area contributed by atoms with Gasteiger partial charge in [0.15, 0.2) is 5.16 Å². The quantitative estimate of drug-likeness (QED) is 0.734. The summed E-state index contributed by atoms with van der Waals surface area (Å²) in [6.07, 6.45) is 3.71. The van der Waals surface area contributed by atoms with Crippen LogP contribution in [0.3, 0.4) is 0 Å². The third-order valence-electron chi connectivity index (χ3n) is 2.63. The SMILES string of the molecule is [c]1cccnc1CSc1nc(-c2ccccc2)c[nH]1. The molecule has 1 radical (unpaired) electrons. The van der Waals surface area contributed by atoms with Gasteiger partial charge in [-0.3, -0.25) is 4.98 Å². The highest BCUT2D eigenvalue weighted by Gasteiger charge is 2.04. The molecule has 2 aromatic heterocycles. The minimum Gasteiger partial charge on any atom is -0.339 e. The molecule has 3 aromatic rings. The predicted molar refractivity (Wildman–Crippen MR) is 76.7 cm³/mol. The molecule has 0 spiro atoms. The molecule has 1 N–H and O–H groups in total. The standard InChI is InChI=1S/C15H12N3S/c1-2-6-12(7-3-1)14-10-17-15(18-14)19-11-13-8-4-5-9-16-13/h1-7,9-10H,11H2,(H,17,18). The zero-order valence-electron chi connectivity index (χ0n) is 10.2. The van der Waals surface area contributed by atoms with E-state index >= 15 is 0 Å². The van der Waals surface area contributed by atoms with Crippen LogP contribution in [0, 0.1) is 6.07 Å². The van der Waals surface area contributed by atoms with Crippen LogP contribution < -0.4 is 0 Å². The molecule has 2 heterocycles. The lowest BCUT2D eigenvalue weighted by Gasteiger charge is -1.97. The Balaban J connectivity index is 1.69. The maximum absolute atomic E-state index is 4.56. The second-order valence-corrected chi connectivity index (χ2v) is 4.94. The van der Waals surface area contributed by atoms with Crippen LogP contribution >= 0.6 is 11.8 Å². The summed E-state index contributed by atoms with van der Waals surface area (Å²) in [6, 6.07) is 17.0. The lowest BCUT2D eigenvalue weighted by atomic mass is 10.2. The van der Waals surface area contributed by atoms with Crippen LogP contribution in [0.5, 0.6) is 0 Å². The number of thioether (sulfide) groups is 1. The average Bonchev–Trinajstić information content (AvgIpc) is 2.96. The van der Waals surface area contributed by atoms with Gasteiger partial charge in [-0.2, -0.15) is 0 Å². The van der Waals surface area contributed by atoms with Crippen molar-refractivity contribution in [2.75, 3.05) is 0 Å². The van der Waals surface area contributed by atoms with Gasteiger partial charge in [-0.05, 0) is 6.07 Å². The van der Waals surface area contributed by atoms with Gasteiger partial charge >= 0.3 is 0 Å². The van der Waals surface area contributed by atoms with Crippen molar-refractivity contribution < 1.29 is 0 Å². The van der Waals surface area contributed by atoms with Crippen molar-refractivity contribution in [2.45, 2.75) is 10.9 Å². The lowest BCUT2D eigenvalue weighted by molar-refractivity contribution is 1.05. The Morgan fingerprint density at radius 3 is 2.84 bits per heavy atom. The molecule has 0 bridgehead atoms. The average molecular weight is 266 g/mol. The van der Waals surface area contributed by atoms with E-state index in [1.807, 2.05) is 36.5 Å². The Hall–Kier alpha value is -2.07. The summed E-state index contributed by atoms with van der Waals surface area (Å²) in [6.45, 7) is 0. The summed E-state index contributed by atoms with van der Waals surface area (Å²) in [7, 11) is 0. The maximum atomic E-state index is 4.56. The van der Waals surface area contributed by atoms with Crippen LogP contribution in [-0.4, -0.2) is 15.0 Å². The van der Waals surface area contributed by atoms with Gasteiger partial charge in [0.05, 0.1) is 11.4 Å². The number of aromatic nitrogens is 3. The molecule has 4 heteroatoms. The largest absolute Gasteiger partial charge is 0.339 e. The van der Waals surface area contributed by atoms with Crippen molar-refractivity contribution in [1.82, 2.24) is 15.0 Å². The van der Waals surface area contributed by atoms with Crippen molar-refractivity contribution >= 4 is 11.8 Å². The molecule has 0 fully saturated rings. The molecule has 0 atom stereocenters. The molecule has 19 heavy (non-hydrogen) atoms. The molecule has 0 unspecified atom stereocenters. The van der Waals surface area contributed by atoms with Gasteiger partial charge in [-0.25, -0.2) is 4.98 Å². The number of H-pyrrole nitrogens is 1. The number of benzene rings is 1. The molecular formula is C15H12N3S. The molecule has 1 aromatic carbocycles. The smallest absolute Gasteiger partial charge is 0.166 e. The monoisotopic (exact) mass is 266 g/mol. The van der Waals surface area contributed by atoms with Gasteiger partial charge in [0.25, 0.3) is 0 Å². The van der Waals surface area contributed by atoms with Crippen molar-refractivity contribution in [2.24, 2.45) is 0 Å². The first-order valence-electron chi connectivity index (χ1n) is 5.97. The van der Waals surface area contributed by atoms with Crippen LogP contribution in [0.1, 0.15) is 5.69 Å². The number of imidazole rings is 1. The molecule has 3 rings (SSSR count). The second kappa shape index (κ2) is 5.71. The molecule has 3 nitrogen and oxygen atoms in total. The normalized spacial score (nSPS) is 10.5. The fourth-order valence-electron chi connectivity index (χ4n) is 1.71. The minimum atomic E-state index is 0.766. The van der Waals surface area contributed by atoms with Crippen LogP contribution in [0.15, 0.2) is 60.0 Å². The molecule has 93 valence electrons. The van der Waals surface area contributed by atoms with E-state index in [1.54, 1.807) is 18.0 Å². The molecular weight excluding hydrogens is 254 g/mol. The van der Waals surface area contributed by atoms with E-state index in [0.29, 0.717) is 0 Å². The van der Waals surface area contributed by atoms with Crippen molar-refractivity contribution in [3.8, 4) is 11.3 Å². The number of rotatable bonds is 4. The van der Waals surface area contributed by atoms with Gasteiger partial charge in [0.2, 0.25) is 0 Å². The summed E-state index contributed by atoms with van der Waals surface area (Å²) in [4.78, 5) is 12.0. The summed E-state index contributed by atoms with van der Waals surface area (Å²) in [5.41, 5.74) is 3.02. The van der Waals surface area contributed by atoms with E-state index in [4.69, 9.17) is 0 Å². The first-order valence-corrected chi connectivity index (χ1v) is 6.95.